The Morgan fingerprint density at radius 1 is 0.932 bits per heavy atom. The number of nitrogens with one attached hydrogen (secondary N) is 1. The first-order chi connectivity index (χ1) is 20.8. The van der Waals surface area contributed by atoms with Gasteiger partial charge in [0.15, 0.2) is 17.6 Å². The van der Waals surface area contributed by atoms with E-state index in [1.54, 1.807) is 0 Å². The number of carbonyl (C=O) groups is 5. The van der Waals surface area contributed by atoms with Crippen LogP contribution in [0.1, 0.15) is 51.2 Å². The van der Waals surface area contributed by atoms with Crippen LogP contribution < -0.4 is 14.8 Å². The number of esters is 3. The van der Waals surface area contributed by atoms with Gasteiger partial charge in [-0.15, -0.1) is 10.1 Å². The molecular weight excluding hydrogens is 600 g/mol. The van der Waals surface area contributed by atoms with Crippen LogP contribution in [-0.4, -0.2) is 64.0 Å². The highest BCUT2D eigenvalue weighted by atomic mass is 32.2. The van der Waals surface area contributed by atoms with E-state index in [0.717, 1.165) is 26.3 Å². The fourth-order valence-corrected chi connectivity index (χ4v) is 5.27. The minimum Gasteiger partial charge on any atom is -0.479 e. The second kappa shape index (κ2) is 17.5. The molecule has 0 saturated heterocycles. The van der Waals surface area contributed by atoms with Crippen LogP contribution in [0.5, 0.6) is 11.5 Å². The van der Waals surface area contributed by atoms with Crippen LogP contribution in [0.3, 0.4) is 0 Å². The summed E-state index contributed by atoms with van der Waals surface area (Å²) in [6.07, 6.45) is -1.53. The van der Waals surface area contributed by atoms with Crippen LogP contribution in [0.2, 0.25) is 0 Å². The number of aliphatic carboxylic acids is 1. The summed E-state index contributed by atoms with van der Waals surface area (Å²) in [6, 6.07) is 13.4. The van der Waals surface area contributed by atoms with Gasteiger partial charge in [0, 0.05) is 38.7 Å². The van der Waals surface area contributed by atoms with Gasteiger partial charge in [0.2, 0.25) is 0 Å². The summed E-state index contributed by atoms with van der Waals surface area (Å²) in [5.74, 6) is -4.20. The van der Waals surface area contributed by atoms with Gasteiger partial charge in [-0.3, -0.25) is 19.2 Å². The smallest absolute Gasteiger partial charge is 0.330 e. The zero-order valence-corrected chi connectivity index (χ0v) is 25.3. The summed E-state index contributed by atoms with van der Waals surface area (Å²) in [5, 5.41) is 22.4. The van der Waals surface area contributed by atoms with E-state index in [0.29, 0.717) is 11.3 Å². The molecule has 44 heavy (non-hydrogen) atoms. The number of carboxylic acids is 1. The number of carboxylic acid groups (broad SMARTS) is 1. The van der Waals surface area contributed by atoms with Crippen LogP contribution in [0, 0.1) is 10.1 Å². The number of amides is 1. The lowest BCUT2D eigenvalue weighted by Crippen LogP contribution is -2.59. The van der Waals surface area contributed by atoms with E-state index in [1.807, 2.05) is 30.3 Å². The standard InChI is InChI=1S/C29H34N2O12S/c1-19(32)41-24-12-11-23(15-25(24)42-20(2)33)16-26(43-21(3)34)27(35)30-29(28(36)37,13-7-8-14-40-31(38)39)18-44-17-22-9-5-4-6-10-22/h4-6,9-12,15,26H,7-8,13-14,16-18H2,1-3H3,(H,30,35)(H,36,37)/t26?,29-/m0/s1. The van der Waals surface area contributed by atoms with E-state index >= 15 is 0 Å². The molecule has 0 heterocycles. The van der Waals surface area contributed by atoms with Gasteiger partial charge in [-0.25, -0.2) is 4.79 Å². The molecule has 0 aromatic heterocycles. The summed E-state index contributed by atoms with van der Waals surface area (Å²) in [6.45, 7) is 3.14. The Hall–Kier alpha value is -4.66. The van der Waals surface area contributed by atoms with Crippen LogP contribution in [0.25, 0.3) is 0 Å². The monoisotopic (exact) mass is 634 g/mol. The van der Waals surface area contributed by atoms with Crippen molar-refractivity contribution in [2.45, 2.75) is 63.9 Å². The van der Waals surface area contributed by atoms with E-state index in [4.69, 9.17) is 14.2 Å². The topological polar surface area (TPSA) is 198 Å². The van der Waals surface area contributed by atoms with E-state index in [-0.39, 0.29) is 49.5 Å². The minimum absolute atomic E-state index is 0.0497. The molecule has 0 aliphatic carbocycles. The Balaban J connectivity index is 2.33. The fourth-order valence-electron chi connectivity index (χ4n) is 4.05. The first kappa shape index (κ1) is 35.5. The van der Waals surface area contributed by atoms with Gasteiger partial charge in [-0.1, -0.05) is 36.4 Å². The first-order valence-electron chi connectivity index (χ1n) is 13.4. The molecule has 0 fully saturated rings. The van der Waals surface area contributed by atoms with Gasteiger partial charge in [0.05, 0.1) is 6.61 Å². The molecule has 1 unspecified atom stereocenters. The second-order valence-corrected chi connectivity index (χ2v) is 10.6. The van der Waals surface area contributed by atoms with Crippen LogP contribution >= 0.6 is 11.8 Å². The summed E-state index contributed by atoms with van der Waals surface area (Å²) < 4.78 is 15.4. The van der Waals surface area contributed by atoms with Gasteiger partial charge in [0.25, 0.3) is 11.0 Å². The molecule has 2 N–H and O–H groups in total. The Kier molecular flexibility index (Phi) is 14.1. The molecule has 0 bridgehead atoms. The fraction of sp³-hybridized carbons (Fsp3) is 0.414. The molecule has 0 saturated carbocycles. The molecule has 2 aromatic rings. The maximum atomic E-state index is 13.6. The normalized spacial score (nSPS) is 12.6. The summed E-state index contributed by atoms with van der Waals surface area (Å²) in [7, 11) is 0. The van der Waals surface area contributed by atoms with Gasteiger partial charge in [-0.2, -0.15) is 11.8 Å². The lowest BCUT2D eigenvalue weighted by Gasteiger charge is -2.32. The molecule has 2 aromatic carbocycles. The molecule has 2 atom stereocenters. The molecule has 0 aliphatic heterocycles. The third-order valence-electron chi connectivity index (χ3n) is 5.96. The highest BCUT2D eigenvalue weighted by Crippen LogP contribution is 2.30. The minimum atomic E-state index is -1.83. The zero-order valence-electron chi connectivity index (χ0n) is 24.4. The van der Waals surface area contributed by atoms with Crippen LogP contribution in [-0.2, 0) is 45.7 Å². The predicted octanol–water partition coefficient (Wildman–Crippen LogP) is 3.26. The number of benzene rings is 2. The lowest BCUT2D eigenvalue weighted by atomic mass is 9.93. The molecule has 1 amide bonds. The predicted molar refractivity (Wildman–Crippen MR) is 156 cm³/mol. The van der Waals surface area contributed by atoms with E-state index in [2.05, 4.69) is 10.2 Å². The van der Waals surface area contributed by atoms with E-state index in [1.165, 1.54) is 30.0 Å². The summed E-state index contributed by atoms with van der Waals surface area (Å²) in [4.78, 5) is 76.0. The number of ether oxygens (including phenoxy) is 3. The summed E-state index contributed by atoms with van der Waals surface area (Å²) in [5.41, 5.74) is -0.554. The number of carbonyl (C=O) groups excluding carboxylic acids is 4. The lowest BCUT2D eigenvalue weighted by molar-refractivity contribution is -0.757. The van der Waals surface area contributed by atoms with Crippen LogP contribution in [0.15, 0.2) is 48.5 Å². The van der Waals surface area contributed by atoms with Crippen molar-refractivity contribution in [3.8, 4) is 11.5 Å². The molecule has 238 valence electrons. The largest absolute Gasteiger partial charge is 0.479 e. The number of thioether (sulfide) groups is 1. The third kappa shape index (κ3) is 12.3. The first-order valence-corrected chi connectivity index (χ1v) is 14.6. The van der Waals surface area contributed by atoms with Gasteiger partial charge in [0.1, 0.15) is 5.54 Å². The second-order valence-electron chi connectivity index (χ2n) is 9.64. The Morgan fingerprint density at radius 2 is 1.59 bits per heavy atom. The number of nitrogens with zero attached hydrogens (tertiary/aromatic N) is 1. The maximum Gasteiger partial charge on any atom is 0.330 e. The molecular formula is C29H34N2O12S. The Morgan fingerprint density at radius 3 is 2.18 bits per heavy atom. The number of hydrogen-bond acceptors (Lipinski definition) is 12. The number of rotatable bonds is 18. The van der Waals surface area contributed by atoms with Crippen LogP contribution in [0.4, 0.5) is 0 Å². The molecule has 0 spiro atoms. The molecule has 14 nitrogen and oxygen atoms in total. The zero-order chi connectivity index (χ0) is 32.7. The van der Waals surface area contributed by atoms with E-state index < -0.39 is 46.5 Å². The number of unbranched alkanes of at least 4 members (excludes halogenated alkanes) is 1. The van der Waals surface area contributed by atoms with Gasteiger partial charge >= 0.3 is 23.9 Å². The average Bonchev–Trinajstić information content (AvgIpc) is 2.93. The van der Waals surface area contributed by atoms with Gasteiger partial charge < -0.3 is 29.5 Å². The third-order valence-corrected chi connectivity index (χ3v) is 7.20. The van der Waals surface area contributed by atoms with Gasteiger partial charge in [-0.05, 0) is 42.5 Å². The molecule has 2 rings (SSSR count). The van der Waals surface area contributed by atoms with Crippen molar-refractivity contribution in [2.24, 2.45) is 0 Å². The van der Waals surface area contributed by atoms with Crippen molar-refractivity contribution in [3.05, 3.63) is 69.8 Å². The molecule has 0 aliphatic rings. The Labute approximate surface area is 257 Å². The quantitative estimate of drug-likeness (QED) is 0.0797. The van der Waals surface area contributed by atoms with Crippen molar-refractivity contribution in [1.82, 2.24) is 5.32 Å². The molecule has 15 heteroatoms. The maximum absolute atomic E-state index is 13.6. The SMILES string of the molecule is CC(=O)Oc1ccc(CC(OC(C)=O)C(=O)N[C@@](CCCCO[N+](=O)[O-])(CSCc2ccccc2)C(=O)O)cc1OC(C)=O. The molecule has 0 radical (unpaired) electrons. The average molecular weight is 635 g/mol. The Bertz CT molecular complexity index is 1340. The van der Waals surface area contributed by atoms with Crippen molar-refractivity contribution < 1.29 is 53.2 Å². The van der Waals surface area contributed by atoms with Crippen molar-refractivity contribution in [3.63, 3.8) is 0 Å². The summed E-state index contributed by atoms with van der Waals surface area (Å²) >= 11 is 1.26. The van der Waals surface area contributed by atoms with Crippen molar-refractivity contribution in [2.75, 3.05) is 12.4 Å². The van der Waals surface area contributed by atoms with Crippen molar-refractivity contribution in [1.29, 1.82) is 0 Å². The highest BCUT2D eigenvalue weighted by Gasteiger charge is 2.41. The highest BCUT2D eigenvalue weighted by molar-refractivity contribution is 7.98. The van der Waals surface area contributed by atoms with Crippen molar-refractivity contribution >= 4 is 41.5 Å². The van der Waals surface area contributed by atoms with E-state index in [9.17, 15) is 39.2 Å². The number of hydrogen-bond donors (Lipinski definition) is 2.